The van der Waals surface area contributed by atoms with Gasteiger partial charge in [0.05, 0.1) is 6.10 Å². The Bertz CT molecular complexity index is 455. The second kappa shape index (κ2) is 4.60. The summed E-state index contributed by atoms with van der Waals surface area (Å²) in [4.78, 5) is 0. The Labute approximate surface area is 130 Å². The molecule has 3 unspecified atom stereocenters. The molecule has 8 atom stereocenters. The summed E-state index contributed by atoms with van der Waals surface area (Å²) in [5, 5.41) is 10.5. The fraction of sp³-hybridized carbons (Fsp3) is 0.900. The minimum absolute atomic E-state index is 0.0319. The van der Waals surface area contributed by atoms with Crippen molar-refractivity contribution in [3.63, 3.8) is 0 Å². The molecule has 21 heavy (non-hydrogen) atoms. The van der Waals surface area contributed by atoms with Crippen LogP contribution in [-0.4, -0.2) is 11.2 Å². The van der Waals surface area contributed by atoms with E-state index in [9.17, 15) is 5.11 Å². The fourth-order valence-electron chi connectivity index (χ4n) is 7.31. The maximum Gasteiger partial charge on any atom is 0.0596 e. The summed E-state index contributed by atoms with van der Waals surface area (Å²) in [7, 11) is 0. The van der Waals surface area contributed by atoms with Crippen LogP contribution >= 0.6 is 0 Å². The average molecular weight is 288 g/mol. The predicted octanol–water partition coefficient (Wildman–Crippen LogP) is 4.80. The number of rotatable bonds is 0. The van der Waals surface area contributed by atoms with Crippen LogP contribution in [-0.2, 0) is 0 Å². The molecule has 0 bridgehead atoms. The molecule has 0 spiro atoms. The Morgan fingerprint density at radius 3 is 2.52 bits per heavy atom. The van der Waals surface area contributed by atoms with Crippen LogP contribution in [0.2, 0.25) is 0 Å². The summed E-state index contributed by atoms with van der Waals surface area (Å²) in [6.45, 7) is 7.50. The molecule has 0 radical (unpaired) electrons. The highest BCUT2D eigenvalue weighted by molar-refractivity contribution is 5.13. The molecule has 3 fully saturated rings. The zero-order valence-electron chi connectivity index (χ0n) is 14.0. The van der Waals surface area contributed by atoms with E-state index >= 15 is 0 Å². The van der Waals surface area contributed by atoms with Gasteiger partial charge in [0.2, 0.25) is 0 Å². The second-order valence-electron chi connectivity index (χ2n) is 9.25. The van der Waals surface area contributed by atoms with Crippen molar-refractivity contribution in [2.24, 2.45) is 40.4 Å². The highest BCUT2D eigenvalue weighted by atomic mass is 16.3. The summed E-state index contributed by atoms with van der Waals surface area (Å²) in [6.07, 6.45) is 13.9. The van der Waals surface area contributed by atoms with Crippen molar-refractivity contribution in [3.8, 4) is 0 Å². The molecule has 4 aliphatic rings. The molecular formula is C20H32O. The van der Waals surface area contributed by atoms with E-state index in [1.54, 1.807) is 0 Å². The van der Waals surface area contributed by atoms with Gasteiger partial charge in [0.25, 0.3) is 0 Å². The first-order valence-corrected chi connectivity index (χ1v) is 9.30. The first-order valence-electron chi connectivity index (χ1n) is 9.30. The van der Waals surface area contributed by atoms with Gasteiger partial charge in [-0.25, -0.2) is 0 Å². The number of hydrogen-bond acceptors (Lipinski definition) is 1. The molecule has 3 saturated carbocycles. The molecule has 4 aliphatic carbocycles. The molecule has 1 N–H and O–H groups in total. The Balaban J connectivity index is 1.70. The van der Waals surface area contributed by atoms with Gasteiger partial charge in [0.15, 0.2) is 0 Å². The van der Waals surface area contributed by atoms with E-state index in [0.29, 0.717) is 5.41 Å². The van der Waals surface area contributed by atoms with Gasteiger partial charge in [0.1, 0.15) is 0 Å². The average Bonchev–Trinajstić information content (AvgIpc) is 2.75. The van der Waals surface area contributed by atoms with E-state index in [-0.39, 0.29) is 11.5 Å². The van der Waals surface area contributed by atoms with Crippen molar-refractivity contribution in [2.45, 2.75) is 71.8 Å². The van der Waals surface area contributed by atoms with E-state index in [0.717, 1.165) is 36.0 Å². The first kappa shape index (κ1) is 14.3. The molecule has 4 rings (SSSR count). The van der Waals surface area contributed by atoms with Crippen molar-refractivity contribution in [3.05, 3.63) is 12.2 Å². The lowest BCUT2D eigenvalue weighted by Gasteiger charge is -2.61. The molecule has 0 aromatic heterocycles. The van der Waals surface area contributed by atoms with Crippen LogP contribution in [0.25, 0.3) is 0 Å². The Hall–Kier alpha value is -0.300. The van der Waals surface area contributed by atoms with Gasteiger partial charge in [0, 0.05) is 0 Å². The molecule has 0 aromatic carbocycles. The van der Waals surface area contributed by atoms with Gasteiger partial charge in [-0.3, -0.25) is 0 Å². The third kappa shape index (κ3) is 1.79. The monoisotopic (exact) mass is 288 g/mol. The van der Waals surface area contributed by atoms with Crippen molar-refractivity contribution in [1.82, 2.24) is 0 Å². The molecule has 0 saturated heterocycles. The summed E-state index contributed by atoms with van der Waals surface area (Å²) in [5.74, 6) is 4.34. The van der Waals surface area contributed by atoms with Crippen LogP contribution in [0.3, 0.4) is 0 Å². The summed E-state index contributed by atoms with van der Waals surface area (Å²) in [5.41, 5.74) is 0.764. The quantitative estimate of drug-likeness (QED) is 0.635. The van der Waals surface area contributed by atoms with Crippen molar-refractivity contribution >= 4 is 0 Å². The Kier molecular flexibility index (Phi) is 3.13. The highest BCUT2D eigenvalue weighted by Gasteiger charge is 2.60. The molecule has 0 aromatic rings. The largest absolute Gasteiger partial charge is 0.393 e. The number of allylic oxidation sites excluding steroid dienone is 2. The molecular weight excluding hydrogens is 256 g/mol. The molecule has 0 amide bonds. The number of aliphatic hydroxyl groups is 1. The molecule has 1 nitrogen and oxygen atoms in total. The van der Waals surface area contributed by atoms with E-state index in [2.05, 4.69) is 32.9 Å². The van der Waals surface area contributed by atoms with Crippen molar-refractivity contribution < 1.29 is 5.11 Å². The Morgan fingerprint density at radius 2 is 1.71 bits per heavy atom. The first-order chi connectivity index (χ1) is 9.97. The Morgan fingerprint density at radius 1 is 0.952 bits per heavy atom. The maximum atomic E-state index is 10.5. The van der Waals surface area contributed by atoms with Crippen LogP contribution < -0.4 is 0 Å². The fourth-order valence-corrected chi connectivity index (χ4v) is 7.31. The number of hydrogen-bond donors (Lipinski definition) is 1. The lowest BCUT2D eigenvalue weighted by molar-refractivity contribution is -0.126. The van der Waals surface area contributed by atoms with Crippen molar-refractivity contribution in [2.75, 3.05) is 0 Å². The van der Waals surface area contributed by atoms with Crippen LogP contribution in [0.15, 0.2) is 12.2 Å². The van der Waals surface area contributed by atoms with Crippen molar-refractivity contribution in [1.29, 1.82) is 0 Å². The third-order valence-corrected chi connectivity index (χ3v) is 8.53. The van der Waals surface area contributed by atoms with Crippen LogP contribution in [0.4, 0.5) is 0 Å². The lowest BCUT2D eigenvalue weighted by Crippen LogP contribution is -2.55. The molecule has 0 heterocycles. The smallest absolute Gasteiger partial charge is 0.0596 e. The summed E-state index contributed by atoms with van der Waals surface area (Å²) < 4.78 is 0. The zero-order valence-corrected chi connectivity index (χ0v) is 14.0. The van der Waals surface area contributed by atoms with E-state index in [1.807, 2.05) is 0 Å². The van der Waals surface area contributed by atoms with Gasteiger partial charge in [-0.15, -0.1) is 0 Å². The van der Waals surface area contributed by atoms with Gasteiger partial charge >= 0.3 is 0 Å². The van der Waals surface area contributed by atoms with Gasteiger partial charge < -0.3 is 5.11 Å². The van der Waals surface area contributed by atoms with Crippen LogP contribution in [0.5, 0.6) is 0 Å². The SMILES string of the molecule is CC1C[C@@H]2[C@@H](CC[C@]3(C)C(O)CC[C@@H]23)[C@@]2(C)CC=CCC12. The molecule has 118 valence electrons. The van der Waals surface area contributed by atoms with Crippen LogP contribution in [0.1, 0.15) is 65.7 Å². The van der Waals surface area contributed by atoms with Gasteiger partial charge in [-0.1, -0.05) is 32.9 Å². The van der Waals surface area contributed by atoms with E-state index in [4.69, 9.17) is 0 Å². The van der Waals surface area contributed by atoms with Crippen LogP contribution in [0, 0.1) is 40.4 Å². The van der Waals surface area contributed by atoms with Gasteiger partial charge in [-0.2, -0.15) is 0 Å². The topological polar surface area (TPSA) is 20.2 Å². The number of aliphatic hydroxyl groups excluding tert-OH is 1. The van der Waals surface area contributed by atoms with E-state index in [1.165, 1.54) is 38.5 Å². The lowest BCUT2D eigenvalue weighted by atomic mass is 9.44. The number of fused-ring (bicyclic) bond motifs is 5. The molecule has 1 heteroatoms. The molecule has 0 aliphatic heterocycles. The standard InChI is InChI=1S/C20H32O/c1-13-12-14-16-7-8-18(21)20(16,3)11-9-17(14)19(2)10-5-4-6-15(13)19/h4-5,13-18,21H,6-12H2,1-3H3/t13?,14-,15?,16-,17+,18?,19-,20-/m0/s1. The normalized spacial score (nSPS) is 59.2. The summed E-state index contributed by atoms with van der Waals surface area (Å²) >= 11 is 0. The van der Waals surface area contributed by atoms with Gasteiger partial charge in [-0.05, 0) is 85.4 Å². The zero-order chi connectivity index (χ0) is 14.8. The predicted molar refractivity (Wildman–Crippen MR) is 86.8 cm³/mol. The second-order valence-corrected chi connectivity index (χ2v) is 9.25. The third-order valence-electron chi connectivity index (χ3n) is 8.53. The van der Waals surface area contributed by atoms with E-state index < -0.39 is 0 Å². The maximum absolute atomic E-state index is 10.5. The minimum Gasteiger partial charge on any atom is -0.393 e. The highest BCUT2D eigenvalue weighted by Crippen LogP contribution is 2.66. The minimum atomic E-state index is -0.0319. The summed E-state index contributed by atoms with van der Waals surface area (Å²) in [6, 6.07) is 0.